The van der Waals surface area contributed by atoms with Crippen molar-refractivity contribution in [3.8, 4) is 17.0 Å². The summed E-state index contributed by atoms with van der Waals surface area (Å²) in [6.07, 6.45) is 2.90. The molecule has 0 amide bonds. The molecule has 3 aromatic rings. The number of benzene rings is 2. The van der Waals surface area contributed by atoms with Gasteiger partial charge in [-0.2, -0.15) is 0 Å². The Labute approximate surface area is 169 Å². The third-order valence-electron chi connectivity index (χ3n) is 5.97. The molecule has 1 spiro atoms. The maximum atomic E-state index is 13.2. The van der Waals surface area contributed by atoms with E-state index in [9.17, 15) is 4.39 Å². The van der Waals surface area contributed by atoms with Crippen molar-refractivity contribution in [1.82, 2.24) is 14.5 Å². The van der Waals surface area contributed by atoms with Gasteiger partial charge in [0.15, 0.2) is 0 Å². The van der Waals surface area contributed by atoms with Crippen LogP contribution >= 0.6 is 0 Å². The van der Waals surface area contributed by atoms with Crippen molar-refractivity contribution in [2.24, 2.45) is 0 Å². The Balaban J connectivity index is 1.35. The maximum absolute atomic E-state index is 13.2. The van der Waals surface area contributed by atoms with E-state index in [1.54, 1.807) is 7.11 Å². The lowest BCUT2D eigenvalue weighted by Gasteiger charge is -2.35. The van der Waals surface area contributed by atoms with Gasteiger partial charge in [-0.25, -0.2) is 9.37 Å². The molecule has 5 nitrogen and oxygen atoms in total. The van der Waals surface area contributed by atoms with Crippen LogP contribution in [0.4, 0.5) is 4.39 Å². The Morgan fingerprint density at radius 1 is 1.17 bits per heavy atom. The largest absolute Gasteiger partial charge is 0.497 e. The molecule has 29 heavy (non-hydrogen) atoms. The first-order chi connectivity index (χ1) is 14.1. The lowest BCUT2D eigenvalue weighted by atomic mass is 10.0. The quantitative estimate of drug-likeness (QED) is 0.675. The second kappa shape index (κ2) is 7.28. The fraction of sp³-hybridized carbons (Fsp3) is 0.348. The van der Waals surface area contributed by atoms with Crippen molar-refractivity contribution in [3.63, 3.8) is 0 Å². The van der Waals surface area contributed by atoms with Gasteiger partial charge in [0, 0.05) is 25.2 Å². The van der Waals surface area contributed by atoms with E-state index in [0.717, 1.165) is 61.0 Å². The second-order valence-corrected chi connectivity index (χ2v) is 7.94. The zero-order valence-electron chi connectivity index (χ0n) is 16.5. The Bertz CT molecular complexity index is 1020. The molecule has 0 saturated carbocycles. The van der Waals surface area contributed by atoms with E-state index < -0.39 is 0 Å². The van der Waals surface area contributed by atoms with Gasteiger partial charge in [-0.05, 0) is 36.2 Å². The standard InChI is InChI=1S/C23H24FN3O2/c1-28-20-4-2-3-18(11-20)21-12-25-22-14-29-23(16-27(21)22)9-10-26(15-23)13-17-5-7-19(24)8-6-17/h2-8,11-12H,9-10,13-16H2,1H3/t23-/m1/s1. The molecular weight excluding hydrogens is 369 g/mol. The SMILES string of the molecule is COc1cccc(-c2cnc3n2C[C@]2(CCN(Cc4ccc(F)cc4)C2)OC3)c1. The zero-order valence-corrected chi connectivity index (χ0v) is 16.5. The number of hydrogen-bond donors (Lipinski definition) is 0. The van der Waals surface area contributed by atoms with Crippen LogP contribution in [0.15, 0.2) is 54.7 Å². The summed E-state index contributed by atoms with van der Waals surface area (Å²) in [6, 6.07) is 14.8. The molecule has 2 aromatic carbocycles. The smallest absolute Gasteiger partial charge is 0.135 e. The van der Waals surface area contributed by atoms with Crippen molar-refractivity contribution in [2.75, 3.05) is 20.2 Å². The highest BCUT2D eigenvalue weighted by molar-refractivity contribution is 5.61. The van der Waals surface area contributed by atoms with Crippen LogP contribution < -0.4 is 4.74 Å². The summed E-state index contributed by atoms with van der Waals surface area (Å²) in [5.74, 6) is 1.61. The molecule has 0 bridgehead atoms. The van der Waals surface area contributed by atoms with Gasteiger partial charge >= 0.3 is 0 Å². The average Bonchev–Trinajstić information content (AvgIpc) is 3.34. The molecule has 2 aliphatic rings. The van der Waals surface area contributed by atoms with Crippen LogP contribution in [0.3, 0.4) is 0 Å². The third-order valence-corrected chi connectivity index (χ3v) is 5.97. The van der Waals surface area contributed by atoms with E-state index in [-0.39, 0.29) is 11.4 Å². The van der Waals surface area contributed by atoms with E-state index in [1.165, 1.54) is 12.1 Å². The molecule has 0 radical (unpaired) electrons. The minimum Gasteiger partial charge on any atom is -0.497 e. The number of nitrogens with zero attached hydrogens (tertiary/aromatic N) is 3. The molecule has 0 unspecified atom stereocenters. The van der Waals surface area contributed by atoms with Crippen molar-refractivity contribution >= 4 is 0 Å². The highest BCUT2D eigenvalue weighted by Crippen LogP contribution is 2.36. The minimum absolute atomic E-state index is 0.194. The first-order valence-electron chi connectivity index (χ1n) is 9.94. The number of rotatable bonds is 4. The Kier molecular flexibility index (Phi) is 4.60. The normalized spacial score (nSPS) is 21.4. The molecule has 150 valence electrons. The number of imidazole rings is 1. The summed E-state index contributed by atoms with van der Waals surface area (Å²) in [5, 5.41) is 0. The number of hydrogen-bond acceptors (Lipinski definition) is 4. The number of likely N-dealkylation sites (tertiary alicyclic amines) is 1. The summed E-state index contributed by atoms with van der Waals surface area (Å²) in [5.41, 5.74) is 3.11. The van der Waals surface area contributed by atoms with E-state index >= 15 is 0 Å². The van der Waals surface area contributed by atoms with Gasteiger partial charge in [-0.15, -0.1) is 0 Å². The van der Waals surface area contributed by atoms with Gasteiger partial charge in [0.2, 0.25) is 0 Å². The van der Waals surface area contributed by atoms with Crippen molar-refractivity contribution < 1.29 is 13.9 Å². The highest BCUT2D eigenvalue weighted by Gasteiger charge is 2.43. The molecule has 2 aliphatic heterocycles. The highest BCUT2D eigenvalue weighted by atomic mass is 19.1. The van der Waals surface area contributed by atoms with Crippen LogP contribution in [0.5, 0.6) is 5.75 Å². The number of aromatic nitrogens is 2. The summed E-state index contributed by atoms with van der Waals surface area (Å²) in [6.45, 7) is 3.95. The van der Waals surface area contributed by atoms with Gasteiger partial charge in [-0.1, -0.05) is 24.3 Å². The first kappa shape index (κ1) is 18.3. The number of halogens is 1. The number of ether oxygens (including phenoxy) is 2. The average molecular weight is 393 g/mol. The molecule has 1 fully saturated rings. The first-order valence-corrected chi connectivity index (χ1v) is 9.94. The molecule has 0 aliphatic carbocycles. The summed E-state index contributed by atoms with van der Waals surface area (Å²) in [7, 11) is 1.68. The van der Waals surface area contributed by atoms with Crippen LogP contribution in [0.2, 0.25) is 0 Å². The fourth-order valence-corrected chi connectivity index (χ4v) is 4.43. The molecule has 6 heteroatoms. The number of methoxy groups -OCH3 is 1. The Morgan fingerprint density at radius 3 is 2.86 bits per heavy atom. The predicted molar refractivity (Wildman–Crippen MR) is 108 cm³/mol. The van der Waals surface area contributed by atoms with Gasteiger partial charge < -0.3 is 14.0 Å². The van der Waals surface area contributed by atoms with Crippen LogP contribution in [0.1, 0.15) is 17.8 Å². The van der Waals surface area contributed by atoms with Crippen LogP contribution in [0.25, 0.3) is 11.3 Å². The van der Waals surface area contributed by atoms with Gasteiger partial charge in [0.1, 0.15) is 29.6 Å². The lowest BCUT2D eigenvalue weighted by molar-refractivity contribution is -0.0821. The van der Waals surface area contributed by atoms with Crippen LogP contribution in [0, 0.1) is 5.82 Å². The maximum Gasteiger partial charge on any atom is 0.135 e. The Morgan fingerprint density at radius 2 is 2.03 bits per heavy atom. The molecule has 3 heterocycles. The topological polar surface area (TPSA) is 39.5 Å². The molecular formula is C23H24FN3O2. The van der Waals surface area contributed by atoms with Gasteiger partial charge in [0.05, 0.1) is 25.5 Å². The van der Waals surface area contributed by atoms with Crippen LogP contribution in [-0.4, -0.2) is 40.3 Å². The van der Waals surface area contributed by atoms with E-state index in [0.29, 0.717) is 6.61 Å². The molecule has 5 rings (SSSR count). The fourth-order valence-electron chi connectivity index (χ4n) is 4.43. The van der Waals surface area contributed by atoms with E-state index in [1.807, 2.05) is 36.5 Å². The molecule has 1 atom stereocenters. The van der Waals surface area contributed by atoms with Gasteiger partial charge in [-0.3, -0.25) is 4.90 Å². The van der Waals surface area contributed by atoms with Crippen LogP contribution in [-0.2, 0) is 24.4 Å². The summed E-state index contributed by atoms with van der Waals surface area (Å²) < 4.78 is 27.2. The van der Waals surface area contributed by atoms with Gasteiger partial charge in [0.25, 0.3) is 0 Å². The molecule has 1 saturated heterocycles. The predicted octanol–water partition coefficient (Wildman–Crippen LogP) is 3.87. The lowest BCUT2D eigenvalue weighted by Crippen LogP contribution is -2.44. The van der Waals surface area contributed by atoms with Crippen molar-refractivity contribution in [1.29, 1.82) is 0 Å². The third kappa shape index (κ3) is 3.54. The number of fused-ring (bicyclic) bond motifs is 1. The minimum atomic E-state index is -0.207. The molecule has 1 aromatic heterocycles. The zero-order chi connectivity index (χ0) is 19.8. The second-order valence-electron chi connectivity index (χ2n) is 7.94. The van der Waals surface area contributed by atoms with Crippen molar-refractivity contribution in [3.05, 3.63) is 71.9 Å². The summed E-state index contributed by atoms with van der Waals surface area (Å²) >= 11 is 0. The van der Waals surface area contributed by atoms with E-state index in [4.69, 9.17) is 9.47 Å². The summed E-state index contributed by atoms with van der Waals surface area (Å²) in [4.78, 5) is 6.98. The molecule has 0 N–H and O–H groups in total. The monoisotopic (exact) mass is 393 g/mol. The Hall–Kier alpha value is -2.70. The van der Waals surface area contributed by atoms with E-state index in [2.05, 4.69) is 20.5 Å². The van der Waals surface area contributed by atoms with Crippen molar-refractivity contribution in [2.45, 2.75) is 31.7 Å².